The molecule has 3 aromatic carbocycles. The van der Waals surface area contributed by atoms with Crippen LogP contribution in [-0.2, 0) is 4.79 Å². The number of carbonyl (C=O) groups excluding carboxylic acids is 1. The number of ether oxygens (including phenoxy) is 2. The zero-order chi connectivity index (χ0) is 24.9. The molecule has 0 aliphatic carbocycles. The Morgan fingerprint density at radius 3 is 2.66 bits per heavy atom. The van der Waals surface area contributed by atoms with E-state index in [9.17, 15) is 18.8 Å². The molecule has 1 aromatic heterocycles. The van der Waals surface area contributed by atoms with Crippen molar-refractivity contribution in [2.45, 2.75) is 0 Å². The molecule has 0 radical (unpaired) electrons. The highest BCUT2D eigenvalue weighted by molar-refractivity contribution is 9.10. The molecule has 11 heteroatoms. The number of nitrogens with zero attached hydrogens (tertiary/aromatic N) is 2. The van der Waals surface area contributed by atoms with Crippen LogP contribution in [-0.4, -0.2) is 35.5 Å². The largest absolute Gasteiger partial charge is 0.493 e. The van der Waals surface area contributed by atoms with Gasteiger partial charge in [-0.15, -0.1) is 4.68 Å². The minimum absolute atomic E-state index is 0.166. The number of fused-ring (bicyclic) bond motifs is 1. The number of carbonyl (C=O) groups is 1. The Bertz CT molecular complexity index is 1550. The van der Waals surface area contributed by atoms with Crippen LogP contribution in [0.15, 0.2) is 79.8 Å². The molecule has 0 saturated carbocycles. The molecule has 1 heterocycles. The number of halogens is 2. The van der Waals surface area contributed by atoms with Gasteiger partial charge in [-0.2, -0.15) is 5.10 Å². The molecule has 0 bridgehead atoms. The van der Waals surface area contributed by atoms with Gasteiger partial charge < -0.3 is 19.8 Å². The average Bonchev–Trinajstić information content (AvgIpc) is 2.84. The molecule has 0 fully saturated rings. The monoisotopic (exact) mass is 540 g/mol. The van der Waals surface area contributed by atoms with Crippen LogP contribution in [0.25, 0.3) is 10.9 Å². The third-order valence-corrected chi connectivity index (χ3v) is 5.30. The number of aromatic amines is 1. The van der Waals surface area contributed by atoms with Gasteiger partial charge in [0.2, 0.25) is 0 Å². The highest BCUT2D eigenvalue weighted by Crippen LogP contribution is 2.34. The summed E-state index contributed by atoms with van der Waals surface area (Å²) in [7, 11) is 1.42. The van der Waals surface area contributed by atoms with E-state index in [0.717, 1.165) is 0 Å². The van der Waals surface area contributed by atoms with E-state index in [1.165, 1.54) is 37.6 Å². The second-order valence-corrected chi connectivity index (χ2v) is 8.12. The zero-order valence-electron chi connectivity index (χ0n) is 18.2. The van der Waals surface area contributed by atoms with E-state index in [1.807, 2.05) is 0 Å². The van der Waals surface area contributed by atoms with Gasteiger partial charge in [-0.25, -0.2) is 9.18 Å². The number of hydrogen-bond acceptors (Lipinski definition) is 6. The van der Waals surface area contributed by atoms with Crippen LogP contribution in [0.1, 0.15) is 5.56 Å². The average molecular weight is 541 g/mol. The Balaban J connectivity index is 1.63. The van der Waals surface area contributed by atoms with E-state index in [-0.39, 0.29) is 11.5 Å². The van der Waals surface area contributed by atoms with Crippen LogP contribution in [0.2, 0.25) is 0 Å². The molecule has 0 aliphatic rings. The van der Waals surface area contributed by atoms with Crippen molar-refractivity contribution in [3.05, 3.63) is 97.4 Å². The molecular formula is C24H18BrFN4O5. The van der Waals surface area contributed by atoms with Crippen molar-refractivity contribution in [1.82, 2.24) is 9.66 Å². The summed E-state index contributed by atoms with van der Waals surface area (Å²) < 4.78 is 25.4. The standard InChI is InChI=1S/C24H18BrFN4O5/c1-34-20-11-15(25)10-14(22(20)35-13-21(31)28-17-8-6-16(26)7-9-17)12-27-30-23(32)18-4-2-3-5-19(18)29-24(30)33/h2-12H,13H2,1H3,(H,28,31)(H,29,33). The topological polar surface area (TPSA) is 115 Å². The third-order valence-electron chi connectivity index (χ3n) is 4.84. The fraction of sp³-hybridized carbons (Fsp3) is 0.0833. The van der Waals surface area contributed by atoms with E-state index >= 15 is 0 Å². The number of H-pyrrole nitrogens is 1. The predicted octanol–water partition coefficient (Wildman–Crippen LogP) is 3.50. The first-order valence-corrected chi connectivity index (χ1v) is 11.0. The second kappa shape index (κ2) is 10.3. The molecular weight excluding hydrogens is 523 g/mol. The van der Waals surface area contributed by atoms with Crippen LogP contribution < -0.4 is 26.0 Å². The van der Waals surface area contributed by atoms with E-state index in [0.29, 0.717) is 31.3 Å². The van der Waals surface area contributed by atoms with Gasteiger partial charge in [-0.3, -0.25) is 9.59 Å². The Labute approximate surface area is 205 Å². The lowest BCUT2D eigenvalue weighted by molar-refractivity contribution is -0.118. The van der Waals surface area contributed by atoms with Crippen molar-refractivity contribution in [3.8, 4) is 11.5 Å². The Kier molecular flexibility index (Phi) is 7.06. The summed E-state index contributed by atoms with van der Waals surface area (Å²) in [4.78, 5) is 40.1. The van der Waals surface area contributed by atoms with Crippen molar-refractivity contribution in [2.24, 2.45) is 5.10 Å². The van der Waals surface area contributed by atoms with Crippen LogP contribution in [0.5, 0.6) is 11.5 Å². The van der Waals surface area contributed by atoms with Gasteiger partial charge in [0.25, 0.3) is 11.5 Å². The highest BCUT2D eigenvalue weighted by Gasteiger charge is 2.15. The van der Waals surface area contributed by atoms with Gasteiger partial charge in [0.1, 0.15) is 5.82 Å². The summed E-state index contributed by atoms with van der Waals surface area (Å²) in [6.07, 6.45) is 1.26. The molecule has 9 nitrogen and oxygen atoms in total. The molecule has 0 aliphatic heterocycles. The summed E-state index contributed by atoms with van der Waals surface area (Å²) in [5.74, 6) is -0.465. The van der Waals surface area contributed by atoms with Crippen molar-refractivity contribution in [3.63, 3.8) is 0 Å². The number of rotatable bonds is 7. The van der Waals surface area contributed by atoms with Crippen molar-refractivity contribution < 1.29 is 18.7 Å². The third kappa shape index (κ3) is 5.46. The van der Waals surface area contributed by atoms with Crippen LogP contribution in [0.3, 0.4) is 0 Å². The molecule has 0 unspecified atom stereocenters. The number of aromatic nitrogens is 2. The van der Waals surface area contributed by atoms with Gasteiger partial charge >= 0.3 is 5.69 Å². The maximum atomic E-state index is 13.1. The molecule has 0 saturated heterocycles. The van der Waals surface area contributed by atoms with Crippen LogP contribution in [0, 0.1) is 5.82 Å². The molecule has 0 spiro atoms. The SMILES string of the molecule is COc1cc(Br)cc(C=Nn2c(=O)[nH]c3ccccc3c2=O)c1OCC(=O)Nc1ccc(F)cc1. The van der Waals surface area contributed by atoms with Gasteiger partial charge in [0, 0.05) is 15.7 Å². The minimum atomic E-state index is -0.715. The molecule has 4 aromatic rings. The lowest BCUT2D eigenvalue weighted by Gasteiger charge is -2.14. The van der Waals surface area contributed by atoms with Crippen molar-refractivity contribution >= 4 is 44.6 Å². The first-order valence-electron chi connectivity index (χ1n) is 10.2. The lowest BCUT2D eigenvalue weighted by atomic mass is 10.2. The highest BCUT2D eigenvalue weighted by atomic mass is 79.9. The van der Waals surface area contributed by atoms with E-state index in [4.69, 9.17) is 9.47 Å². The summed E-state index contributed by atoms with van der Waals surface area (Å²) in [5.41, 5.74) is -0.171. The summed E-state index contributed by atoms with van der Waals surface area (Å²) in [6.45, 7) is -0.396. The quantitative estimate of drug-likeness (QED) is 0.348. The number of para-hydroxylation sites is 1. The fourth-order valence-corrected chi connectivity index (χ4v) is 3.69. The van der Waals surface area contributed by atoms with Gasteiger partial charge in [0.15, 0.2) is 18.1 Å². The minimum Gasteiger partial charge on any atom is -0.493 e. The predicted molar refractivity (Wildman–Crippen MR) is 133 cm³/mol. The Hall–Kier alpha value is -4.25. The van der Waals surface area contributed by atoms with Gasteiger partial charge in [0.05, 0.1) is 24.2 Å². The molecule has 4 rings (SSSR count). The van der Waals surface area contributed by atoms with Gasteiger partial charge in [-0.05, 0) is 48.5 Å². The summed E-state index contributed by atoms with van der Waals surface area (Å²) in [5, 5.41) is 6.94. The molecule has 35 heavy (non-hydrogen) atoms. The number of methoxy groups -OCH3 is 1. The van der Waals surface area contributed by atoms with Gasteiger partial charge in [-0.1, -0.05) is 28.1 Å². The molecule has 178 valence electrons. The van der Waals surface area contributed by atoms with Crippen LogP contribution >= 0.6 is 15.9 Å². The first kappa shape index (κ1) is 23.9. The molecule has 0 atom stereocenters. The summed E-state index contributed by atoms with van der Waals surface area (Å²) >= 11 is 3.36. The lowest BCUT2D eigenvalue weighted by Crippen LogP contribution is -2.32. The number of amides is 1. The number of benzene rings is 3. The molecule has 1 amide bonds. The number of hydrogen-bond donors (Lipinski definition) is 2. The molecule has 2 N–H and O–H groups in total. The van der Waals surface area contributed by atoms with Crippen molar-refractivity contribution in [2.75, 3.05) is 19.0 Å². The fourth-order valence-electron chi connectivity index (χ4n) is 3.24. The Morgan fingerprint density at radius 2 is 1.91 bits per heavy atom. The number of nitrogens with one attached hydrogen (secondary N) is 2. The first-order chi connectivity index (χ1) is 16.9. The smallest absolute Gasteiger partial charge is 0.349 e. The zero-order valence-corrected chi connectivity index (χ0v) is 19.8. The summed E-state index contributed by atoms with van der Waals surface area (Å²) in [6, 6.07) is 15.1. The normalized spacial score (nSPS) is 11.1. The van der Waals surface area contributed by atoms with E-state index in [2.05, 4.69) is 31.3 Å². The number of anilines is 1. The maximum absolute atomic E-state index is 13.1. The van der Waals surface area contributed by atoms with E-state index < -0.39 is 29.6 Å². The van der Waals surface area contributed by atoms with Crippen molar-refractivity contribution in [1.29, 1.82) is 0 Å². The van der Waals surface area contributed by atoms with Crippen LogP contribution in [0.4, 0.5) is 10.1 Å². The maximum Gasteiger partial charge on any atom is 0.349 e. The van der Waals surface area contributed by atoms with E-state index in [1.54, 1.807) is 36.4 Å². The second-order valence-electron chi connectivity index (χ2n) is 7.21. The Morgan fingerprint density at radius 1 is 1.17 bits per heavy atom.